The van der Waals surface area contributed by atoms with Crippen LogP contribution < -0.4 is 16.0 Å². The minimum Gasteiger partial charge on any atom is -0.464 e. The molecule has 0 spiro atoms. The lowest BCUT2D eigenvalue weighted by Crippen LogP contribution is -2.44. The molecule has 3 amide bonds. The fourth-order valence-electron chi connectivity index (χ4n) is 1.86. The van der Waals surface area contributed by atoms with Gasteiger partial charge in [0.1, 0.15) is 16.9 Å². The van der Waals surface area contributed by atoms with Crippen LogP contribution >= 0.6 is 11.3 Å². The molecule has 0 aliphatic carbocycles. The van der Waals surface area contributed by atoms with Crippen LogP contribution in [-0.4, -0.2) is 40.8 Å². The smallest absolute Gasteiger partial charge is 0.328 e. The number of benzene rings is 1. The monoisotopic (exact) mass is 395 g/mol. The molecular weight excluding hydrogens is 377 g/mol. The van der Waals surface area contributed by atoms with Crippen molar-refractivity contribution in [1.29, 1.82) is 0 Å². The van der Waals surface area contributed by atoms with E-state index in [0.717, 1.165) is 11.3 Å². The summed E-state index contributed by atoms with van der Waals surface area (Å²) >= 11 is 0.996. The number of halogens is 1. The fourth-order valence-corrected chi connectivity index (χ4v) is 2.54. The summed E-state index contributed by atoms with van der Waals surface area (Å²) < 4.78 is 17.6. The fraction of sp³-hybridized carbons (Fsp3) is 0.312. The number of anilines is 1. The van der Waals surface area contributed by atoms with E-state index in [0.29, 0.717) is 10.7 Å². The Balaban J connectivity index is 1.83. The van der Waals surface area contributed by atoms with E-state index in [1.54, 1.807) is 6.92 Å². The highest BCUT2D eigenvalue weighted by Crippen LogP contribution is 2.13. The molecule has 27 heavy (non-hydrogen) atoms. The minimum absolute atomic E-state index is 0.0306. The van der Waals surface area contributed by atoms with E-state index in [-0.39, 0.29) is 18.2 Å². The zero-order chi connectivity index (χ0) is 19.8. The highest BCUT2D eigenvalue weighted by Gasteiger charge is 2.17. The second-order valence-corrected chi connectivity index (χ2v) is 6.32. The topological polar surface area (TPSA) is 122 Å². The molecule has 0 fully saturated rings. The highest BCUT2D eigenvalue weighted by molar-refractivity contribution is 7.13. The lowest BCUT2D eigenvalue weighted by molar-refractivity contribution is -0.144. The van der Waals surface area contributed by atoms with Gasteiger partial charge in [-0.1, -0.05) is 11.3 Å². The molecule has 1 aromatic heterocycles. The maximum Gasteiger partial charge on any atom is 0.328 e. The molecule has 2 aromatic rings. The Hall–Kier alpha value is -3.08. The average molecular weight is 395 g/mol. The van der Waals surface area contributed by atoms with Crippen molar-refractivity contribution in [3.63, 3.8) is 0 Å². The van der Waals surface area contributed by atoms with Gasteiger partial charge in [-0.3, -0.25) is 4.79 Å². The number of nitrogens with zero attached hydrogens (tertiary/aromatic N) is 2. The minimum atomic E-state index is -0.795. The number of hydrogen-bond acceptors (Lipinski definition) is 7. The molecule has 3 N–H and O–H groups in total. The van der Waals surface area contributed by atoms with Crippen LogP contribution in [0.5, 0.6) is 0 Å². The average Bonchev–Trinajstić information content (AvgIpc) is 3.11. The number of rotatable bonds is 7. The van der Waals surface area contributed by atoms with Crippen molar-refractivity contribution in [2.24, 2.45) is 0 Å². The van der Waals surface area contributed by atoms with Crippen LogP contribution in [-0.2, 0) is 16.1 Å². The molecular formula is C16H18FN5O4S. The first-order valence-electron chi connectivity index (χ1n) is 7.99. The number of amides is 3. The summed E-state index contributed by atoms with van der Waals surface area (Å²) in [6, 6.07) is 3.92. The van der Waals surface area contributed by atoms with Crippen LogP contribution in [0.25, 0.3) is 0 Å². The lowest BCUT2D eigenvalue weighted by Gasteiger charge is -2.12. The molecule has 144 valence electrons. The van der Waals surface area contributed by atoms with Gasteiger partial charge in [-0.25, -0.2) is 14.0 Å². The summed E-state index contributed by atoms with van der Waals surface area (Å²) in [5.74, 6) is -1.44. The van der Waals surface area contributed by atoms with Crippen LogP contribution in [0.4, 0.5) is 14.9 Å². The van der Waals surface area contributed by atoms with Crippen LogP contribution in [0.3, 0.4) is 0 Å². The number of urea groups is 1. The Kier molecular flexibility index (Phi) is 7.17. The molecule has 0 aliphatic rings. The van der Waals surface area contributed by atoms with E-state index < -0.39 is 29.8 Å². The van der Waals surface area contributed by atoms with Gasteiger partial charge in [0.15, 0.2) is 0 Å². The first kappa shape index (κ1) is 20.2. The quantitative estimate of drug-likeness (QED) is 0.613. The maximum absolute atomic E-state index is 12.9. The summed E-state index contributed by atoms with van der Waals surface area (Å²) in [6.45, 7) is 3.42. The van der Waals surface area contributed by atoms with Crippen molar-refractivity contribution in [3.8, 4) is 0 Å². The van der Waals surface area contributed by atoms with Gasteiger partial charge in [0.2, 0.25) is 5.01 Å². The standard InChI is InChI=1S/C16H18FN5O4S/c1-3-26-15(24)9(2)19-16(25)18-8-12-21-22-14(27-12)13(23)20-11-6-4-10(17)5-7-11/h4-7,9H,3,8H2,1-2H3,(H,20,23)(H2,18,19,25). The number of aromatic nitrogens is 2. The number of esters is 1. The predicted molar refractivity (Wildman–Crippen MR) is 95.7 cm³/mol. The third-order valence-corrected chi connectivity index (χ3v) is 4.07. The Labute approximate surface area is 158 Å². The summed E-state index contributed by atoms with van der Waals surface area (Å²) in [5, 5.41) is 15.6. The molecule has 0 saturated heterocycles. The summed E-state index contributed by atoms with van der Waals surface area (Å²) in [4.78, 5) is 35.3. The zero-order valence-corrected chi connectivity index (χ0v) is 15.4. The second-order valence-electron chi connectivity index (χ2n) is 5.26. The van der Waals surface area contributed by atoms with E-state index in [9.17, 15) is 18.8 Å². The second kappa shape index (κ2) is 9.57. The van der Waals surface area contributed by atoms with Crippen LogP contribution in [0.15, 0.2) is 24.3 Å². The van der Waals surface area contributed by atoms with Gasteiger partial charge >= 0.3 is 12.0 Å². The van der Waals surface area contributed by atoms with E-state index in [1.165, 1.54) is 31.2 Å². The third kappa shape index (κ3) is 6.29. The number of hydrogen-bond donors (Lipinski definition) is 3. The molecule has 0 bridgehead atoms. The molecule has 1 unspecified atom stereocenters. The Morgan fingerprint density at radius 3 is 2.59 bits per heavy atom. The van der Waals surface area contributed by atoms with Crippen LogP contribution in [0, 0.1) is 5.82 Å². The van der Waals surface area contributed by atoms with Crippen molar-refractivity contribution in [3.05, 3.63) is 40.1 Å². The van der Waals surface area contributed by atoms with Crippen molar-refractivity contribution in [1.82, 2.24) is 20.8 Å². The Morgan fingerprint density at radius 1 is 1.22 bits per heavy atom. The zero-order valence-electron chi connectivity index (χ0n) is 14.6. The van der Waals surface area contributed by atoms with Crippen molar-refractivity contribution < 1.29 is 23.5 Å². The SMILES string of the molecule is CCOC(=O)C(C)NC(=O)NCc1nnc(C(=O)Nc2ccc(F)cc2)s1. The molecule has 9 nitrogen and oxygen atoms in total. The lowest BCUT2D eigenvalue weighted by atomic mass is 10.3. The van der Waals surface area contributed by atoms with Crippen LogP contribution in [0.1, 0.15) is 28.7 Å². The highest BCUT2D eigenvalue weighted by atomic mass is 32.1. The summed E-state index contributed by atoms with van der Waals surface area (Å²) in [5.41, 5.74) is 0.420. The number of carbonyl (C=O) groups is 3. The Bertz CT molecular complexity index is 811. The Morgan fingerprint density at radius 2 is 1.93 bits per heavy atom. The van der Waals surface area contributed by atoms with Gasteiger partial charge in [-0.05, 0) is 38.1 Å². The first-order valence-corrected chi connectivity index (χ1v) is 8.81. The van der Waals surface area contributed by atoms with Crippen molar-refractivity contribution >= 4 is 34.9 Å². The molecule has 0 aliphatic heterocycles. The van der Waals surface area contributed by atoms with E-state index in [1.807, 2.05) is 0 Å². The van der Waals surface area contributed by atoms with Gasteiger partial charge in [0.05, 0.1) is 13.2 Å². The van der Waals surface area contributed by atoms with Gasteiger partial charge in [0, 0.05) is 5.69 Å². The number of carbonyl (C=O) groups excluding carboxylic acids is 3. The largest absolute Gasteiger partial charge is 0.464 e. The van der Waals surface area contributed by atoms with E-state index in [2.05, 4.69) is 26.1 Å². The van der Waals surface area contributed by atoms with Gasteiger partial charge in [-0.15, -0.1) is 10.2 Å². The van der Waals surface area contributed by atoms with E-state index in [4.69, 9.17) is 4.74 Å². The number of ether oxygens (including phenoxy) is 1. The molecule has 1 heterocycles. The molecule has 11 heteroatoms. The molecule has 1 aromatic carbocycles. The summed E-state index contributed by atoms with van der Waals surface area (Å²) in [6.07, 6.45) is 0. The molecule has 2 rings (SSSR count). The van der Waals surface area contributed by atoms with Gasteiger partial charge in [-0.2, -0.15) is 0 Å². The van der Waals surface area contributed by atoms with Crippen LogP contribution in [0.2, 0.25) is 0 Å². The first-order chi connectivity index (χ1) is 12.9. The predicted octanol–water partition coefficient (Wildman–Crippen LogP) is 1.68. The van der Waals surface area contributed by atoms with Gasteiger partial charge < -0.3 is 20.7 Å². The normalized spacial score (nSPS) is 11.4. The maximum atomic E-state index is 12.9. The van der Waals surface area contributed by atoms with Crippen molar-refractivity contribution in [2.45, 2.75) is 26.4 Å². The summed E-state index contributed by atoms with van der Waals surface area (Å²) in [7, 11) is 0. The molecule has 1 atom stereocenters. The third-order valence-electron chi connectivity index (χ3n) is 3.15. The van der Waals surface area contributed by atoms with Crippen molar-refractivity contribution in [2.75, 3.05) is 11.9 Å². The van der Waals surface area contributed by atoms with E-state index >= 15 is 0 Å². The molecule has 0 radical (unpaired) electrons. The number of nitrogens with one attached hydrogen (secondary N) is 3. The molecule has 0 saturated carbocycles. The van der Waals surface area contributed by atoms with Gasteiger partial charge in [0.25, 0.3) is 5.91 Å².